The van der Waals surface area contributed by atoms with Crippen LogP contribution in [0.4, 0.5) is 5.13 Å². The largest absolute Gasteiger partial charge is 0.360 e. The number of nitrogens with one attached hydrogen (secondary N) is 1. The van der Waals surface area contributed by atoms with Crippen LogP contribution in [0, 0.1) is 11.8 Å². The lowest BCUT2D eigenvalue weighted by atomic mass is 10.1. The van der Waals surface area contributed by atoms with Crippen LogP contribution in [-0.2, 0) is 6.42 Å². The molecule has 1 fully saturated rings. The van der Waals surface area contributed by atoms with Crippen molar-refractivity contribution in [3.05, 3.63) is 5.82 Å². The van der Waals surface area contributed by atoms with E-state index >= 15 is 0 Å². The van der Waals surface area contributed by atoms with Crippen molar-refractivity contribution in [2.45, 2.75) is 39.5 Å². The molecule has 2 rings (SSSR count). The molecule has 1 aliphatic rings. The van der Waals surface area contributed by atoms with Crippen LogP contribution < -0.4 is 5.32 Å². The van der Waals surface area contributed by atoms with Gasteiger partial charge in [-0.2, -0.15) is 4.37 Å². The topological polar surface area (TPSA) is 37.8 Å². The second-order valence-electron chi connectivity index (χ2n) is 4.53. The zero-order chi connectivity index (χ0) is 10.7. The van der Waals surface area contributed by atoms with Gasteiger partial charge in [0.1, 0.15) is 5.82 Å². The van der Waals surface area contributed by atoms with Gasteiger partial charge in [0, 0.05) is 24.5 Å². The molecule has 15 heavy (non-hydrogen) atoms. The van der Waals surface area contributed by atoms with Crippen LogP contribution in [0.2, 0.25) is 0 Å². The number of hydrogen-bond donors (Lipinski definition) is 1. The lowest BCUT2D eigenvalue weighted by molar-refractivity contribution is 0.537. The highest BCUT2D eigenvalue weighted by Crippen LogP contribution is 2.30. The summed E-state index contributed by atoms with van der Waals surface area (Å²) in [7, 11) is 0. The van der Waals surface area contributed by atoms with E-state index in [9.17, 15) is 0 Å². The van der Waals surface area contributed by atoms with E-state index < -0.39 is 0 Å². The lowest BCUT2D eigenvalue weighted by Crippen LogP contribution is -2.11. The van der Waals surface area contributed by atoms with Gasteiger partial charge in [-0.05, 0) is 24.7 Å². The molecule has 0 aromatic carbocycles. The smallest absolute Gasteiger partial charge is 0.202 e. The Kier molecular flexibility index (Phi) is 3.57. The fraction of sp³-hybridized carbons (Fsp3) is 0.818. The number of anilines is 1. The van der Waals surface area contributed by atoms with Crippen LogP contribution in [0.25, 0.3) is 0 Å². The zero-order valence-electron chi connectivity index (χ0n) is 9.49. The Hall–Kier alpha value is -0.640. The molecule has 0 radical (unpaired) electrons. The van der Waals surface area contributed by atoms with E-state index in [1.807, 2.05) is 0 Å². The van der Waals surface area contributed by atoms with Gasteiger partial charge in [0.15, 0.2) is 0 Å². The normalized spacial score (nSPS) is 25.7. The van der Waals surface area contributed by atoms with Crippen molar-refractivity contribution < 1.29 is 0 Å². The van der Waals surface area contributed by atoms with E-state index in [2.05, 4.69) is 28.5 Å². The van der Waals surface area contributed by atoms with Crippen LogP contribution in [0.1, 0.15) is 38.9 Å². The highest BCUT2D eigenvalue weighted by molar-refractivity contribution is 7.09. The van der Waals surface area contributed by atoms with E-state index in [4.69, 9.17) is 0 Å². The summed E-state index contributed by atoms with van der Waals surface area (Å²) in [4.78, 5) is 4.41. The molecule has 1 aromatic heterocycles. The Balaban J connectivity index is 1.77. The van der Waals surface area contributed by atoms with Crippen LogP contribution in [0.5, 0.6) is 0 Å². The average molecular weight is 225 g/mol. The first-order chi connectivity index (χ1) is 7.28. The van der Waals surface area contributed by atoms with E-state index in [1.54, 1.807) is 0 Å². The van der Waals surface area contributed by atoms with Crippen LogP contribution in [0.3, 0.4) is 0 Å². The van der Waals surface area contributed by atoms with Crippen molar-refractivity contribution in [3.63, 3.8) is 0 Å². The van der Waals surface area contributed by atoms with Gasteiger partial charge in [0.2, 0.25) is 5.13 Å². The molecule has 2 unspecified atom stereocenters. The minimum atomic E-state index is 0.842. The van der Waals surface area contributed by atoms with Crippen molar-refractivity contribution in [1.29, 1.82) is 0 Å². The molecule has 2 atom stereocenters. The highest BCUT2D eigenvalue weighted by Gasteiger charge is 2.21. The molecular formula is C11H19N3S. The van der Waals surface area contributed by atoms with Crippen LogP contribution >= 0.6 is 11.5 Å². The molecule has 0 spiro atoms. The SMILES string of the molecule is CCc1nsc(NCC2CCC(C)C2)n1. The first kappa shape index (κ1) is 10.9. The zero-order valence-corrected chi connectivity index (χ0v) is 10.3. The molecule has 3 nitrogen and oxygen atoms in total. The van der Waals surface area contributed by atoms with Gasteiger partial charge in [-0.1, -0.05) is 20.3 Å². The molecule has 4 heteroatoms. The summed E-state index contributed by atoms with van der Waals surface area (Å²) in [6.07, 6.45) is 5.06. The minimum Gasteiger partial charge on any atom is -0.360 e. The maximum Gasteiger partial charge on any atom is 0.202 e. The standard InChI is InChI=1S/C11H19N3S/c1-3-10-13-11(15-14-10)12-7-9-5-4-8(2)6-9/h8-9H,3-7H2,1-2H3,(H,12,13,14). The molecule has 0 saturated heterocycles. The predicted octanol–water partition coefficient (Wildman–Crippen LogP) is 2.95. The van der Waals surface area contributed by atoms with Gasteiger partial charge in [0.05, 0.1) is 0 Å². The van der Waals surface area contributed by atoms with Gasteiger partial charge in [-0.3, -0.25) is 0 Å². The average Bonchev–Trinajstić information content (AvgIpc) is 2.83. The Bertz CT molecular complexity index is 311. The third-order valence-corrected chi connectivity index (χ3v) is 3.84. The second-order valence-corrected chi connectivity index (χ2v) is 5.29. The molecule has 0 amide bonds. The number of hydrogen-bond acceptors (Lipinski definition) is 4. The molecular weight excluding hydrogens is 206 g/mol. The van der Waals surface area contributed by atoms with Crippen molar-refractivity contribution in [2.24, 2.45) is 11.8 Å². The fourth-order valence-corrected chi connectivity index (χ4v) is 2.87. The Morgan fingerprint density at radius 2 is 2.33 bits per heavy atom. The summed E-state index contributed by atoms with van der Waals surface area (Å²) in [6.45, 7) is 5.51. The fourth-order valence-electron chi connectivity index (χ4n) is 2.21. The summed E-state index contributed by atoms with van der Waals surface area (Å²) >= 11 is 1.49. The van der Waals surface area contributed by atoms with E-state index in [1.165, 1.54) is 30.8 Å². The summed E-state index contributed by atoms with van der Waals surface area (Å²) < 4.78 is 4.26. The molecule has 1 heterocycles. The quantitative estimate of drug-likeness (QED) is 0.856. The molecule has 84 valence electrons. The third-order valence-electron chi connectivity index (χ3n) is 3.13. The summed E-state index contributed by atoms with van der Waals surface area (Å²) in [5.74, 6) is 2.72. The number of rotatable bonds is 4. The van der Waals surface area contributed by atoms with Crippen molar-refractivity contribution in [1.82, 2.24) is 9.36 Å². The van der Waals surface area contributed by atoms with E-state index in [-0.39, 0.29) is 0 Å². The van der Waals surface area contributed by atoms with Gasteiger partial charge < -0.3 is 5.32 Å². The molecule has 0 aliphatic heterocycles. The summed E-state index contributed by atoms with van der Waals surface area (Å²) in [5, 5.41) is 4.40. The Labute approximate surface area is 95.5 Å². The number of aryl methyl sites for hydroxylation is 1. The van der Waals surface area contributed by atoms with Crippen molar-refractivity contribution in [2.75, 3.05) is 11.9 Å². The predicted molar refractivity (Wildman–Crippen MR) is 64.3 cm³/mol. The highest BCUT2D eigenvalue weighted by atomic mass is 32.1. The van der Waals surface area contributed by atoms with E-state index in [0.29, 0.717) is 0 Å². The maximum absolute atomic E-state index is 4.41. The third kappa shape index (κ3) is 2.91. The second kappa shape index (κ2) is 4.92. The minimum absolute atomic E-state index is 0.842. The maximum atomic E-state index is 4.41. The van der Waals surface area contributed by atoms with E-state index in [0.717, 1.165) is 35.8 Å². The van der Waals surface area contributed by atoms with Gasteiger partial charge in [0.25, 0.3) is 0 Å². The summed E-state index contributed by atoms with van der Waals surface area (Å²) in [5.41, 5.74) is 0. The molecule has 0 bridgehead atoms. The number of nitrogens with zero attached hydrogens (tertiary/aromatic N) is 2. The lowest BCUT2D eigenvalue weighted by Gasteiger charge is -2.09. The Morgan fingerprint density at radius 1 is 1.47 bits per heavy atom. The van der Waals surface area contributed by atoms with Gasteiger partial charge >= 0.3 is 0 Å². The Morgan fingerprint density at radius 3 is 2.93 bits per heavy atom. The van der Waals surface area contributed by atoms with Crippen molar-refractivity contribution in [3.8, 4) is 0 Å². The molecule has 1 saturated carbocycles. The first-order valence-corrected chi connectivity index (χ1v) is 6.61. The molecule has 1 aromatic rings. The molecule has 1 aliphatic carbocycles. The summed E-state index contributed by atoms with van der Waals surface area (Å²) in [6, 6.07) is 0. The van der Waals surface area contributed by atoms with Crippen LogP contribution in [-0.4, -0.2) is 15.9 Å². The van der Waals surface area contributed by atoms with Gasteiger partial charge in [-0.25, -0.2) is 4.98 Å². The first-order valence-electron chi connectivity index (χ1n) is 5.84. The van der Waals surface area contributed by atoms with Crippen LogP contribution in [0.15, 0.2) is 0 Å². The van der Waals surface area contributed by atoms with Gasteiger partial charge in [-0.15, -0.1) is 0 Å². The molecule has 1 N–H and O–H groups in total. The number of aromatic nitrogens is 2. The monoisotopic (exact) mass is 225 g/mol. The van der Waals surface area contributed by atoms with Crippen molar-refractivity contribution >= 4 is 16.7 Å².